The molecular weight excluding hydrogens is 314 g/mol. The minimum Gasteiger partial charge on any atom is -0.494 e. The van der Waals surface area contributed by atoms with Gasteiger partial charge in [-0.3, -0.25) is 4.79 Å². The summed E-state index contributed by atoms with van der Waals surface area (Å²) in [7, 11) is 0. The molecular formula is C18H20ClNO3. The fraction of sp³-hybridized carbons (Fsp3) is 0.278. The van der Waals surface area contributed by atoms with E-state index in [-0.39, 0.29) is 18.6 Å². The van der Waals surface area contributed by atoms with Crippen LogP contribution in [0.1, 0.15) is 25.5 Å². The molecule has 23 heavy (non-hydrogen) atoms. The minimum atomic E-state index is -0.179. The van der Waals surface area contributed by atoms with Gasteiger partial charge in [-0.05, 0) is 55.8 Å². The smallest absolute Gasteiger partial charge is 0.258 e. The van der Waals surface area contributed by atoms with Crippen molar-refractivity contribution in [3.05, 3.63) is 59.1 Å². The van der Waals surface area contributed by atoms with Crippen LogP contribution in [-0.2, 0) is 4.79 Å². The van der Waals surface area contributed by atoms with E-state index in [2.05, 4.69) is 5.32 Å². The van der Waals surface area contributed by atoms with Gasteiger partial charge >= 0.3 is 0 Å². The zero-order valence-electron chi connectivity index (χ0n) is 13.2. The second-order valence-corrected chi connectivity index (χ2v) is 5.47. The van der Waals surface area contributed by atoms with Crippen LogP contribution in [0.4, 0.5) is 0 Å². The second-order valence-electron chi connectivity index (χ2n) is 5.03. The van der Waals surface area contributed by atoms with Crippen molar-refractivity contribution < 1.29 is 14.3 Å². The Morgan fingerprint density at radius 3 is 2.22 bits per heavy atom. The van der Waals surface area contributed by atoms with Crippen LogP contribution < -0.4 is 14.8 Å². The highest BCUT2D eigenvalue weighted by atomic mass is 35.5. The molecule has 0 bridgehead atoms. The number of hydrogen-bond donors (Lipinski definition) is 1. The molecule has 2 aromatic carbocycles. The molecule has 5 heteroatoms. The Labute approximate surface area is 141 Å². The van der Waals surface area contributed by atoms with E-state index in [1.807, 2.05) is 38.1 Å². The van der Waals surface area contributed by atoms with Crippen molar-refractivity contribution in [2.24, 2.45) is 0 Å². The van der Waals surface area contributed by atoms with Crippen molar-refractivity contribution in [2.45, 2.75) is 19.9 Å². The van der Waals surface area contributed by atoms with Crippen molar-refractivity contribution in [1.29, 1.82) is 0 Å². The minimum absolute atomic E-state index is 0.0387. The molecule has 0 saturated heterocycles. The van der Waals surface area contributed by atoms with Gasteiger partial charge in [-0.25, -0.2) is 0 Å². The molecule has 0 spiro atoms. The Bertz CT molecular complexity index is 626. The summed E-state index contributed by atoms with van der Waals surface area (Å²) in [6, 6.07) is 14.5. The van der Waals surface area contributed by atoms with Crippen molar-refractivity contribution in [3.63, 3.8) is 0 Å². The lowest BCUT2D eigenvalue weighted by Gasteiger charge is -2.15. The lowest BCUT2D eigenvalue weighted by atomic mass is 10.1. The summed E-state index contributed by atoms with van der Waals surface area (Å²) in [5.74, 6) is 1.25. The van der Waals surface area contributed by atoms with E-state index in [0.29, 0.717) is 17.4 Å². The number of rotatable bonds is 7. The number of benzene rings is 2. The lowest BCUT2D eigenvalue weighted by molar-refractivity contribution is -0.123. The number of amides is 1. The van der Waals surface area contributed by atoms with Crippen LogP contribution in [0.15, 0.2) is 48.5 Å². The highest BCUT2D eigenvalue weighted by Gasteiger charge is 2.10. The van der Waals surface area contributed by atoms with Gasteiger partial charge in [0.25, 0.3) is 5.91 Å². The topological polar surface area (TPSA) is 47.6 Å². The Kier molecular flexibility index (Phi) is 6.29. The molecule has 0 heterocycles. The number of carbonyl (C=O) groups excluding carboxylic acids is 1. The molecule has 1 unspecified atom stereocenters. The summed E-state index contributed by atoms with van der Waals surface area (Å²) in [6.07, 6.45) is 0. The van der Waals surface area contributed by atoms with Gasteiger partial charge in [-0.15, -0.1) is 0 Å². The van der Waals surface area contributed by atoms with Crippen LogP contribution in [0, 0.1) is 0 Å². The third kappa shape index (κ3) is 5.49. The fourth-order valence-electron chi connectivity index (χ4n) is 2.07. The van der Waals surface area contributed by atoms with E-state index in [4.69, 9.17) is 21.1 Å². The summed E-state index contributed by atoms with van der Waals surface area (Å²) in [4.78, 5) is 11.9. The van der Waals surface area contributed by atoms with Crippen LogP contribution >= 0.6 is 11.6 Å². The standard InChI is InChI=1S/C18H20ClNO3/c1-3-22-16-8-4-14(5-9-16)13(2)20-18(21)12-23-17-10-6-15(19)7-11-17/h4-11,13H,3,12H2,1-2H3,(H,20,21). The third-order valence-electron chi connectivity index (χ3n) is 3.25. The number of carbonyl (C=O) groups is 1. The average Bonchev–Trinajstić information content (AvgIpc) is 2.55. The first-order chi connectivity index (χ1) is 11.1. The Balaban J connectivity index is 1.82. The van der Waals surface area contributed by atoms with Gasteiger partial charge in [-0.2, -0.15) is 0 Å². The lowest BCUT2D eigenvalue weighted by Crippen LogP contribution is -2.31. The molecule has 0 fully saturated rings. The predicted molar refractivity (Wildman–Crippen MR) is 91.1 cm³/mol. The average molecular weight is 334 g/mol. The number of nitrogens with one attached hydrogen (secondary N) is 1. The number of ether oxygens (including phenoxy) is 2. The van der Waals surface area contributed by atoms with Crippen molar-refractivity contribution in [1.82, 2.24) is 5.32 Å². The normalized spacial score (nSPS) is 11.6. The summed E-state index contributed by atoms with van der Waals surface area (Å²) in [6.45, 7) is 4.46. The van der Waals surface area contributed by atoms with Crippen molar-refractivity contribution in [3.8, 4) is 11.5 Å². The molecule has 2 aromatic rings. The Hall–Kier alpha value is -2.20. The van der Waals surface area contributed by atoms with E-state index in [1.165, 1.54) is 0 Å². The van der Waals surface area contributed by atoms with Crippen LogP contribution in [0.2, 0.25) is 5.02 Å². The maximum Gasteiger partial charge on any atom is 0.258 e. The maximum atomic E-state index is 11.9. The molecule has 0 aliphatic rings. The highest BCUT2D eigenvalue weighted by Crippen LogP contribution is 2.18. The van der Waals surface area contributed by atoms with Gasteiger partial charge in [0, 0.05) is 5.02 Å². The number of hydrogen-bond acceptors (Lipinski definition) is 3. The Morgan fingerprint density at radius 2 is 1.61 bits per heavy atom. The number of halogens is 1. The Morgan fingerprint density at radius 1 is 1.04 bits per heavy atom. The first-order valence-corrected chi connectivity index (χ1v) is 7.86. The van der Waals surface area contributed by atoms with Crippen LogP contribution in [0.5, 0.6) is 11.5 Å². The molecule has 0 radical (unpaired) electrons. The van der Waals surface area contributed by atoms with Gasteiger partial charge in [0.15, 0.2) is 6.61 Å². The van der Waals surface area contributed by atoms with Gasteiger partial charge in [0.05, 0.1) is 12.6 Å². The predicted octanol–water partition coefficient (Wildman–Crippen LogP) is 3.99. The molecule has 0 saturated carbocycles. The maximum absolute atomic E-state index is 11.9. The first-order valence-electron chi connectivity index (χ1n) is 7.49. The first kappa shape index (κ1) is 17.2. The van der Waals surface area contributed by atoms with E-state index in [0.717, 1.165) is 11.3 Å². The van der Waals surface area contributed by atoms with Gasteiger partial charge in [0.1, 0.15) is 11.5 Å². The fourth-order valence-corrected chi connectivity index (χ4v) is 2.19. The SMILES string of the molecule is CCOc1ccc(C(C)NC(=O)COc2ccc(Cl)cc2)cc1. The molecule has 1 amide bonds. The third-order valence-corrected chi connectivity index (χ3v) is 3.50. The van der Waals surface area contributed by atoms with Crippen LogP contribution in [0.3, 0.4) is 0 Å². The zero-order valence-corrected chi connectivity index (χ0v) is 14.0. The molecule has 122 valence electrons. The molecule has 0 aromatic heterocycles. The van der Waals surface area contributed by atoms with E-state index in [9.17, 15) is 4.79 Å². The van der Waals surface area contributed by atoms with Crippen LogP contribution in [0.25, 0.3) is 0 Å². The molecule has 2 rings (SSSR count). The summed E-state index contributed by atoms with van der Waals surface area (Å²) in [5, 5.41) is 3.53. The van der Waals surface area contributed by atoms with Gasteiger partial charge < -0.3 is 14.8 Å². The molecule has 1 atom stereocenters. The molecule has 0 aliphatic carbocycles. The summed E-state index contributed by atoms with van der Waals surface area (Å²) >= 11 is 5.80. The largest absolute Gasteiger partial charge is 0.494 e. The summed E-state index contributed by atoms with van der Waals surface area (Å²) in [5.41, 5.74) is 1.01. The second kappa shape index (κ2) is 8.44. The monoisotopic (exact) mass is 333 g/mol. The van der Waals surface area contributed by atoms with Gasteiger partial charge in [0.2, 0.25) is 0 Å². The highest BCUT2D eigenvalue weighted by molar-refractivity contribution is 6.30. The zero-order chi connectivity index (χ0) is 16.7. The van der Waals surface area contributed by atoms with Crippen molar-refractivity contribution >= 4 is 17.5 Å². The van der Waals surface area contributed by atoms with Gasteiger partial charge in [-0.1, -0.05) is 23.7 Å². The quantitative estimate of drug-likeness (QED) is 0.833. The van der Waals surface area contributed by atoms with E-state index in [1.54, 1.807) is 24.3 Å². The molecule has 1 N–H and O–H groups in total. The van der Waals surface area contributed by atoms with Crippen LogP contribution in [-0.4, -0.2) is 19.1 Å². The molecule has 4 nitrogen and oxygen atoms in total. The van der Waals surface area contributed by atoms with E-state index >= 15 is 0 Å². The summed E-state index contributed by atoms with van der Waals surface area (Å²) < 4.78 is 10.8. The van der Waals surface area contributed by atoms with E-state index < -0.39 is 0 Å². The molecule has 0 aliphatic heterocycles. The van der Waals surface area contributed by atoms with Crippen molar-refractivity contribution in [2.75, 3.05) is 13.2 Å².